The minimum atomic E-state index is -1.50. The molecule has 0 spiro atoms. The summed E-state index contributed by atoms with van der Waals surface area (Å²) < 4.78 is 4.65. The molecule has 0 aliphatic heterocycles. The van der Waals surface area contributed by atoms with E-state index in [4.69, 9.17) is 33.4 Å². The third kappa shape index (κ3) is 3.36. The number of halogens is 2. The first kappa shape index (κ1) is 15.3. The van der Waals surface area contributed by atoms with Crippen LogP contribution < -0.4 is 0 Å². The van der Waals surface area contributed by atoms with E-state index in [1.54, 1.807) is 0 Å². The predicted octanol–water partition coefficient (Wildman–Crippen LogP) is 2.45. The number of aromatic carboxylic acids is 2. The number of hydrogen-bond acceptors (Lipinski definition) is 4. The second kappa shape index (κ2) is 5.90. The van der Waals surface area contributed by atoms with Crippen LogP contribution in [0.2, 0.25) is 10.0 Å². The molecule has 0 unspecified atom stereocenters. The van der Waals surface area contributed by atoms with Crippen molar-refractivity contribution in [2.24, 2.45) is 0 Å². The number of carbonyl (C=O) groups excluding carboxylic acids is 1. The van der Waals surface area contributed by atoms with Gasteiger partial charge in [-0.3, -0.25) is 4.79 Å². The van der Waals surface area contributed by atoms with Crippen LogP contribution in [0, 0.1) is 0 Å². The Morgan fingerprint density at radius 2 is 1.79 bits per heavy atom. The minimum Gasteiger partial charge on any atom is -0.478 e. The number of hydrogen-bond donors (Lipinski definition) is 2. The molecule has 19 heavy (non-hydrogen) atoms. The van der Waals surface area contributed by atoms with Crippen molar-refractivity contribution in [3.8, 4) is 0 Å². The number of carboxylic acids is 2. The summed E-state index contributed by atoms with van der Waals surface area (Å²) in [6, 6.07) is 0.937. The maximum absolute atomic E-state index is 11.1. The quantitative estimate of drug-likeness (QED) is 0.829. The molecule has 1 aromatic rings. The van der Waals surface area contributed by atoms with E-state index < -0.39 is 35.6 Å². The van der Waals surface area contributed by atoms with Gasteiger partial charge in [-0.2, -0.15) is 0 Å². The molecule has 0 fully saturated rings. The number of carboxylic acid groups (broad SMARTS) is 2. The van der Waals surface area contributed by atoms with Crippen LogP contribution in [0.4, 0.5) is 0 Å². The molecule has 6 nitrogen and oxygen atoms in total. The van der Waals surface area contributed by atoms with Crippen LogP contribution in [-0.4, -0.2) is 28.1 Å². The number of benzene rings is 1. The predicted molar refractivity (Wildman–Crippen MR) is 65.9 cm³/mol. The van der Waals surface area contributed by atoms with Crippen molar-refractivity contribution in [1.29, 1.82) is 0 Å². The van der Waals surface area contributed by atoms with Crippen LogP contribution in [0.5, 0.6) is 0 Å². The summed E-state index contributed by atoms with van der Waals surface area (Å²) in [5.41, 5.74) is -1.23. The third-order valence-corrected chi connectivity index (χ3v) is 3.01. The first-order valence-corrected chi connectivity index (χ1v) is 5.62. The van der Waals surface area contributed by atoms with Crippen LogP contribution in [0.1, 0.15) is 33.2 Å². The summed E-state index contributed by atoms with van der Waals surface area (Å²) in [6.45, 7) is 0.646. The van der Waals surface area contributed by atoms with Gasteiger partial charge in [-0.1, -0.05) is 23.2 Å². The fraction of sp³-hybridized carbons (Fsp3) is 0.182. The molecule has 0 radical (unpaired) electrons. The fourth-order valence-corrected chi connectivity index (χ4v) is 1.83. The van der Waals surface area contributed by atoms with Gasteiger partial charge in [0.05, 0.1) is 21.2 Å². The molecule has 0 aliphatic rings. The van der Waals surface area contributed by atoms with Crippen LogP contribution in [0.3, 0.4) is 0 Å². The van der Waals surface area contributed by atoms with Gasteiger partial charge in [-0.15, -0.1) is 0 Å². The average Bonchev–Trinajstić information content (AvgIpc) is 2.29. The molecule has 0 aromatic heterocycles. The highest BCUT2D eigenvalue weighted by Crippen LogP contribution is 2.32. The Morgan fingerprint density at radius 3 is 2.21 bits per heavy atom. The Morgan fingerprint density at radius 1 is 1.21 bits per heavy atom. The van der Waals surface area contributed by atoms with Gasteiger partial charge in [-0.05, 0) is 6.07 Å². The van der Waals surface area contributed by atoms with Crippen molar-refractivity contribution in [2.45, 2.75) is 13.5 Å². The number of carbonyl (C=O) groups is 3. The normalized spacial score (nSPS) is 10.1. The van der Waals surface area contributed by atoms with Gasteiger partial charge in [-0.25, -0.2) is 9.59 Å². The van der Waals surface area contributed by atoms with Crippen molar-refractivity contribution in [3.05, 3.63) is 32.8 Å². The van der Waals surface area contributed by atoms with Gasteiger partial charge in [0.2, 0.25) is 0 Å². The summed E-state index contributed by atoms with van der Waals surface area (Å²) in [6.07, 6.45) is 0. The molecule has 8 heteroatoms. The highest BCUT2D eigenvalue weighted by Gasteiger charge is 2.25. The molecular formula is C11H8Cl2O6. The largest absolute Gasteiger partial charge is 0.478 e. The van der Waals surface area contributed by atoms with E-state index in [9.17, 15) is 14.4 Å². The van der Waals surface area contributed by atoms with E-state index in [0.29, 0.717) is 0 Å². The zero-order valence-corrected chi connectivity index (χ0v) is 11.1. The van der Waals surface area contributed by atoms with Crippen molar-refractivity contribution in [1.82, 2.24) is 0 Å². The Labute approximate surface area is 117 Å². The summed E-state index contributed by atoms with van der Waals surface area (Å²) in [4.78, 5) is 32.9. The van der Waals surface area contributed by atoms with Gasteiger partial charge in [0.25, 0.3) is 0 Å². The summed E-state index contributed by atoms with van der Waals surface area (Å²) >= 11 is 11.5. The molecular weight excluding hydrogens is 299 g/mol. The number of ether oxygens (including phenoxy) is 1. The molecule has 0 atom stereocenters. The van der Waals surface area contributed by atoms with Crippen LogP contribution in [0.15, 0.2) is 6.07 Å². The lowest BCUT2D eigenvalue weighted by Gasteiger charge is -2.12. The van der Waals surface area contributed by atoms with E-state index in [2.05, 4.69) is 4.74 Å². The van der Waals surface area contributed by atoms with E-state index in [1.165, 1.54) is 0 Å². The lowest BCUT2D eigenvalue weighted by atomic mass is 10.0. The number of esters is 1. The fourth-order valence-electron chi connectivity index (χ4n) is 1.40. The molecule has 1 aromatic carbocycles. The summed E-state index contributed by atoms with van der Waals surface area (Å²) in [5, 5.41) is 17.7. The first-order chi connectivity index (χ1) is 8.75. The summed E-state index contributed by atoms with van der Waals surface area (Å²) in [5.74, 6) is -3.64. The van der Waals surface area contributed by atoms with E-state index >= 15 is 0 Å². The molecule has 0 amide bonds. The lowest BCUT2D eigenvalue weighted by molar-refractivity contribution is -0.142. The molecule has 102 valence electrons. The molecule has 0 heterocycles. The SMILES string of the molecule is CC(=O)OCc1c(Cl)c(Cl)cc(C(=O)O)c1C(=O)O. The molecule has 0 bridgehead atoms. The van der Waals surface area contributed by atoms with E-state index in [1.807, 2.05) is 0 Å². The maximum Gasteiger partial charge on any atom is 0.337 e. The molecule has 0 saturated carbocycles. The molecule has 0 saturated heterocycles. The van der Waals surface area contributed by atoms with Crippen LogP contribution in [-0.2, 0) is 16.1 Å². The second-order valence-corrected chi connectivity index (χ2v) is 4.25. The summed E-state index contributed by atoms with van der Waals surface area (Å²) in [7, 11) is 0. The monoisotopic (exact) mass is 306 g/mol. The Hall–Kier alpha value is -1.79. The second-order valence-electron chi connectivity index (χ2n) is 3.46. The first-order valence-electron chi connectivity index (χ1n) is 4.86. The Bertz CT molecular complexity index is 567. The minimum absolute atomic E-state index is 0.133. The van der Waals surface area contributed by atoms with Crippen LogP contribution >= 0.6 is 23.2 Å². The van der Waals surface area contributed by atoms with Gasteiger partial charge in [0, 0.05) is 12.5 Å². The molecule has 1 rings (SSSR count). The third-order valence-electron chi connectivity index (χ3n) is 2.18. The van der Waals surface area contributed by atoms with Crippen molar-refractivity contribution in [3.63, 3.8) is 0 Å². The van der Waals surface area contributed by atoms with Gasteiger partial charge < -0.3 is 14.9 Å². The molecule has 2 N–H and O–H groups in total. The van der Waals surface area contributed by atoms with Gasteiger partial charge in [0.15, 0.2) is 0 Å². The average molecular weight is 307 g/mol. The zero-order chi connectivity index (χ0) is 14.7. The van der Waals surface area contributed by atoms with Crippen molar-refractivity contribution >= 4 is 41.1 Å². The van der Waals surface area contributed by atoms with Gasteiger partial charge >= 0.3 is 17.9 Å². The molecule has 0 aliphatic carbocycles. The standard InChI is InChI=1S/C11H8Cl2O6/c1-4(14)19-3-6-8(11(17)18)5(10(15)16)2-7(12)9(6)13/h2H,3H2,1H3,(H,15,16)(H,17,18). The highest BCUT2D eigenvalue weighted by molar-refractivity contribution is 6.43. The lowest BCUT2D eigenvalue weighted by Crippen LogP contribution is -2.14. The number of rotatable bonds is 4. The topological polar surface area (TPSA) is 101 Å². The van der Waals surface area contributed by atoms with Crippen molar-refractivity contribution < 1.29 is 29.3 Å². The Kier molecular flexibility index (Phi) is 4.74. The van der Waals surface area contributed by atoms with Crippen molar-refractivity contribution in [2.75, 3.05) is 0 Å². The Balaban J connectivity index is 3.51. The highest BCUT2D eigenvalue weighted by atomic mass is 35.5. The smallest absolute Gasteiger partial charge is 0.337 e. The van der Waals surface area contributed by atoms with E-state index in [-0.39, 0.29) is 15.6 Å². The zero-order valence-electron chi connectivity index (χ0n) is 9.57. The van der Waals surface area contributed by atoms with E-state index in [0.717, 1.165) is 13.0 Å². The van der Waals surface area contributed by atoms with Gasteiger partial charge in [0.1, 0.15) is 6.61 Å². The van der Waals surface area contributed by atoms with Crippen LogP contribution in [0.25, 0.3) is 0 Å². The maximum atomic E-state index is 11.1.